The number of fused-ring (bicyclic) bond motifs is 4. The minimum Gasteiger partial charge on any atom is -0.383 e. The number of allylic oxidation sites excluding steroid dienone is 2. The zero-order valence-corrected chi connectivity index (χ0v) is 24.3. The Morgan fingerprint density at radius 1 is 1.23 bits per heavy atom. The van der Waals surface area contributed by atoms with E-state index in [9.17, 15) is 9.59 Å². The molecule has 3 aliphatic heterocycles. The second kappa shape index (κ2) is 13.5. The van der Waals surface area contributed by atoms with Gasteiger partial charge in [-0.3, -0.25) is 10.2 Å². The van der Waals surface area contributed by atoms with Gasteiger partial charge in [0.05, 0.1) is 44.4 Å². The third-order valence-corrected chi connectivity index (χ3v) is 8.30. The summed E-state index contributed by atoms with van der Waals surface area (Å²) in [6, 6.07) is 0. The van der Waals surface area contributed by atoms with Gasteiger partial charge in [0.1, 0.15) is 11.7 Å². The Balaban J connectivity index is 0.000000461. The summed E-state index contributed by atoms with van der Waals surface area (Å²) in [5.74, 6) is -0.351. The van der Waals surface area contributed by atoms with Gasteiger partial charge < -0.3 is 33.8 Å². The normalized spacial score (nSPS) is 23.2. The Morgan fingerprint density at radius 2 is 1.95 bits per heavy atom. The molecule has 10 nitrogen and oxygen atoms in total. The van der Waals surface area contributed by atoms with Crippen molar-refractivity contribution in [1.82, 2.24) is 20.2 Å². The number of aromatic amines is 1. The van der Waals surface area contributed by atoms with E-state index in [-0.39, 0.29) is 31.6 Å². The molecule has 0 saturated carbocycles. The molecule has 218 valence electrons. The molecule has 5 rings (SSSR count). The van der Waals surface area contributed by atoms with Gasteiger partial charge >= 0.3 is 0 Å². The van der Waals surface area contributed by atoms with E-state index in [2.05, 4.69) is 34.0 Å². The highest BCUT2D eigenvalue weighted by atomic mass is 16.5. The lowest BCUT2D eigenvalue weighted by Crippen LogP contribution is -2.43. The number of nitrogens with zero attached hydrogens (tertiary/aromatic N) is 3. The Hall–Kier alpha value is -3.05. The number of methoxy groups -OCH3 is 2. The Kier molecular flexibility index (Phi) is 10.1. The lowest BCUT2D eigenvalue weighted by atomic mass is 9.78. The second-order valence-corrected chi connectivity index (χ2v) is 10.8. The first kappa shape index (κ1) is 29.9. The predicted octanol–water partition coefficient (Wildman–Crippen LogP) is 2.82. The van der Waals surface area contributed by atoms with E-state index in [1.807, 2.05) is 19.2 Å². The van der Waals surface area contributed by atoms with Crippen molar-refractivity contribution in [3.05, 3.63) is 46.6 Å². The molecule has 0 aromatic carbocycles. The fourth-order valence-electron chi connectivity index (χ4n) is 6.00. The summed E-state index contributed by atoms with van der Waals surface area (Å²) < 4.78 is 16.0. The van der Waals surface area contributed by atoms with Crippen molar-refractivity contribution in [2.24, 2.45) is 16.4 Å². The number of likely N-dealkylation sites (N-methyl/N-ethyl adjacent to an activating group) is 1. The van der Waals surface area contributed by atoms with Gasteiger partial charge in [-0.05, 0) is 49.6 Å². The van der Waals surface area contributed by atoms with Crippen LogP contribution in [0, 0.1) is 11.3 Å². The third-order valence-electron chi connectivity index (χ3n) is 8.30. The average molecular weight is 554 g/mol. The Labute approximate surface area is 237 Å². The first-order chi connectivity index (χ1) is 19.4. The molecule has 2 fully saturated rings. The molecule has 1 aromatic rings. The lowest BCUT2D eigenvalue weighted by molar-refractivity contribution is -0.144. The van der Waals surface area contributed by atoms with Gasteiger partial charge in [0.15, 0.2) is 0 Å². The van der Waals surface area contributed by atoms with E-state index in [4.69, 9.17) is 14.2 Å². The summed E-state index contributed by atoms with van der Waals surface area (Å²) in [5.41, 5.74) is 9.32. The number of carbonyl (C=O) groups excluding carboxylic acids is 2. The largest absolute Gasteiger partial charge is 0.383 e. The number of ether oxygens (including phenoxy) is 3. The Bertz CT molecular complexity index is 1170. The van der Waals surface area contributed by atoms with Crippen molar-refractivity contribution in [3.8, 4) is 0 Å². The number of likely N-dealkylation sites (tertiary alicyclic amines) is 1. The van der Waals surface area contributed by atoms with E-state index >= 15 is 0 Å². The van der Waals surface area contributed by atoms with Gasteiger partial charge in [0.2, 0.25) is 5.91 Å². The molecule has 1 amide bonds. The molecule has 10 heteroatoms. The molecule has 1 atom stereocenters. The number of hydrogen-bond donors (Lipinski definition) is 2. The third kappa shape index (κ3) is 6.00. The monoisotopic (exact) mass is 553 g/mol. The molecule has 2 N–H and O–H groups in total. The summed E-state index contributed by atoms with van der Waals surface area (Å²) in [6.45, 7) is 10.4. The van der Waals surface area contributed by atoms with Gasteiger partial charge in [0, 0.05) is 62.8 Å². The standard InChI is InChI=1S/C25H32N4O4.C5H11NO/c1-5-20-19(18-8-6-7-17-11-21(23(18)27-20)28-26-13-17)12-22-16(2)25(14-32-3,15-33-4)24(31)29(22)9-10-30;1-6-2-4-7-5-3-6/h5,10,12-13,16,26-27H,1,6-9,11,14-15H2,2-4H3;2-5H2,1H3/b22-12+;. The number of aromatic nitrogens is 1. The smallest absolute Gasteiger partial charge is 0.238 e. The zero-order valence-electron chi connectivity index (χ0n) is 24.3. The molecule has 40 heavy (non-hydrogen) atoms. The van der Waals surface area contributed by atoms with Crippen LogP contribution in [0.25, 0.3) is 12.2 Å². The molecule has 4 heterocycles. The Morgan fingerprint density at radius 3 is 2.55 bits per heavy atom. The van der Waals surface area contributed by atoms with Crippen molar-refractivity contribution in [2.45, 2.75) is 32.6 Å². The number of hydrogen-bond acceptors (Lipinski definition) is 8. The molecule has 0 radical (unpaired) electrons. The highest BCUT2D eigenvalue weighted by molar-refractivity contribution is 6.03. The number of H-pyrrole nitrogens is 1. The number of carbonyl (C=O) groups is 2. The van der Waals surface area contributed by atoms with E-state index in [0.29, 0.717) is 0 Å². The molecule has 2 bridgehead atoms. The number of aldehydes is 1. The summed E-state index contributed by atoms with van der Waals surface area (Å²) >= 11 is 0. The van der Waals surface area contributed by atoms with Crippen LogP contribution >= 0.6 is 0 Å². The minimum absolute atomic E-state index is 0.00892. The van der Waals surface area contributed by atoms with E-state index in [1.54, 1.807) is 25.2 Å². The molecule has 2 saturated heterocycles. The first-order valence-corrected chi connectivity index (χ1v) is 14.0. The SMILES string of the molecule is C=Cc1[nH]c2c(c1/C=C1\C(C)C(COC)(COC)C(=O)N1CC=O)CCCC1=CNN=C2C1.CN1CCOCC1. The minimum atomic E-state index is -0.880. The van der Waals surface area contributed by atoms with Crippen LogP contribution in [0.15, 0.2) is 29.2 Å². The number of nitrogens with one attached hydrogen (secondary N) is 2. The quantitative estimate of drug-likeness (QED) is 0.477. The van der Waals surface area contributed by atoms with Crippen molar-refractivity contribution in [1.29, 1.82) is 0 Å². The van der Waals surface area contributed by atoms with Crippen LogP contribution in [0.1, 0.15) is 48.7 Å². The molecular formula is C30H43N5O5. The maximum atomic E-state index is 13.5. The topological polar surface area (TPSA) is 108 Å². The van der Waals surface area contributed by atoms with E-state index in [0.717, 1.165) is 86.6 Å². The van der Waals surface area contributed by atoms with Gasteiger partial charge in [-0.25, -0.2) is 0 Å². The number of amides is 1. The zero-order chi connectivity index (χ0) is 28.7. The molecular weight excluding hydrogens is 510 g/mol. The maximum Gasteiger partial charge on any atom is 0.238 e. The van der Waals surface area contributed by atoms with E-state index < -0.39 is 5.41 Å². The van der Waals surface area contributed by atoms with Crippen molar-refractivity contribution in [3.63, 3.8) is 0 Å². The van der Waals surface area contributed by atoms with Crippen LogP contribution < -0.4 is 5.43 Å². The number of hydrazone groups is 1. The molecule has 4 aliphatic rings. The molecule has 1 aromatic heterocycles. The predicted molar refractivity (Wildman–Crippen MR) is 156 cm³/mol. The maximum absolute atomic E-state index is 13.5. The van der Waals surface area contributed by atoms with Crippen molar-refractivity contribution >= 4 is 30.1 Å². The fourth-order valence-corrected chi connectivity index (χ4v) is 6.00. The van der Waals surface area contributed by atoms with Gasteiger partial charge in [-0.2, -0.15) is 5.10 Å². The first-order valence-electron chi connectivity index (χ1n) is 14.0. The summed E-state index contributed by atoms with van der Waals surface area (Å²) in [6.07, 6.45) is 10.3. The van der Waals surface area contributed by atoms with Crippen molar-refractivity contribution < 1.29 is 23.8 Å². The lowest BCUT2D eigenvalue weighted by Gasteiger charge is -2.29. The van der Waals surface area contributed by atoms with E-state index in [1.165, 1.54) is 11.1 Å². The van der Waals surface area contributed by atoms with Crippen LogP contribution in [-0.4, -0.2) is 100 Å². The van der Waals surface area contributed by atoms with Crippen LogP contribution in [0.2, 0.25) is 0 Å². The molecule has 1 unspecified atom stereocenters. The van der Waals surface area contributed by atoms with Gasteiger partial charge in [-0.1, -0.05) is 13.5 Å². The summed E-state index contributed by atoms with van der Waals surface area (Å²) in [5, 5.41) is 4.52. The number of morpholine rings is 1. The van der Waals surface area contributed by atoms with Crippen molar-refractivity contribution in [2.75, 3.05) is 67.3 Å². The van der Waals surface area contributed by atoms with Crippen LogP contribution in [-0.2, 0) is 30.2 Å². The molecule has 0 spiro atoms. The average Bonchev–Trinajstić information content (AvgIpc) is 3.39. The highest BCUT2D eigenvalue weighted by Crippen LogP contribution is 2.46. The van der Waals surface area contributed by atoms with Crippen LogP contribution in [0.3, 0.4) is 0 Å². The second-order valence-electron chi connectivity index (χ2n) is 10.8. The van der Waals surface area contributed by atoms with Crippen LogP contribution in [0.5, 0.6) is 0 Å². The summed E-state index contributed by atoms with van der Waals surface area (Å²) in [7, 11) is 5.27. The highest BCUT2D eigenvalue weighted by Gasteiger charge is 2.55. The van der Waals surface area contributed by atoms with Gasteiger partial charge in [0.25, 0.3) is 0 Å². The van der Waals surface area contributed by atoms with Gasteiger partial charge in [-0.15, -0.1) is 0 Å². The molecule has 1 aliphatic carbocycles. The summed E-state index contributed by atoms with van der Waals surface area (Å²) in [4.78, 5) is 32.4. The van der Waals surface area contributed by atoms with Crippen LogP contribution in [0.4, 0.5) is 0 Å². The number of rotatable bonds is 8. The fraction of sp³-hybridized carbons (Fsp3) is 0.567.